The van der Waals surface area contributed by atoms with Gasteiger partial charge in [0.05, 0.1) is 6.04 Å². The molecule has 2 aromatic rings. The van der Waals surface area contributed by atoms with Gasteiger partial charge in [0.2, 0.25) is 0 Å². The molecule has 0 spiro atoms. The van der Waals surface area contributed by atoms with Gasteiger partial charge >= 0.3 is 0 Å². The predicted octanol–water partition coefficient (Wildman–Crippen LogP) is 3.83. The second-order valence-corrected chi connectivity index (χ2v) is 4.55. The van der Waals surface area contributed by atoms with E-state index in [1.54, 1.807) is 24.3 Å². The van der Waals surface area contributed by atoms with E-state index in [-0.39, 0.29) is 11.9 Å². The topological polar surface area (TPSA) is 29.1 Å². The first-order valence-corrected chi connectivity index (χ1v) is 6.16. The van der Waals surface area contributed by atoms with Crippen LogP contribution in [0.5, 0.6) is 0 Å². The van der Waals surface area contributed by atoms with Crippen LogP contribution in [0, 0.1) is 0 Å². The van der Waals surface area contributed by atoms with Crippen LogP contribution in [0.1, 0.15) is 28.9 Å². The van der Waals surface area contributed by atoms with Crippen molar-refractivity contribution in [3.63, 3.8) is 0 Å². The normalized spacial score (nSPS) is 11.9. The van der Waals surface area contributed by atoms with Gasteiger partial charge in [-0.2, -0.15) is 0 Å². The highest BCUT2D eigenvalue weighted by Gasteiger charge is 2.10. The second-order valence-electron chi connectivity index (χ2n) is 4.11. The summed E-state index contributed by atoms with van der Waals surface area (Å²) in [4.78, 5) is 12.0. The molecule has 0 heterocycles. The lowest BCUT2D eigenvalue weighted by Gasteiger charge is -2.14. The molecule has 2 rings (SSSR count). The van der Waals surface area contributed by atoms with Crippen LogP contribution in [0.3, 0.4) is 0 Å². The Morgan fingerprint density at radius 3 is 2.28 bits per heavy atom. The van der Waals surface area contributed by atoms with E-state index in [1.165, 1.54) is 0 Å². The smallest absolute Gasteiger partial charge is 0.251 e. The van der Waals surface area contributed by atoms with E-state index in [9.17, 15) is 4.79 Å². The summed E-state index contributed by atoms with van der Waals surface area (Å²) < 4.78 is 0. The minimum Gasteiger partial charge on any atom is -0.346 e. The number of hydrogen-bond acceptors (Lipinski definition) is 1. The van der Waals surface area contributed by atoms with Crippen LogP contribution in [0.25, 0.3) is 0 Å². The summed E-state index contributed by atoms with van der Waals surface area (Å²) in [7, 11) is 0. The van der Waals surface area contributed by atoms with Crippen LogP contribution in [0.4, 0.5) is 0 Å². The van der Waals surface area contributed by atoms with E-state index < -0.39 is 0 Å². The number of halogens is 1. The molecule has 0 aliphatic carbocycles. The molecule has 2 aromatic carbocycles. The summed E-state index contributed by atoms with van der Waals surface area (Å²) in [5.74, 6) is -0.0944. The van der Waals surface area contributed by atoms with Gasteiger partial charge in [-0.15, -0.1) is 0 Å². The second kappa shape index (κ2) is 5.69. The van der Waals surface area contributed by atoms with Gasteiger partial charge < -0.3 is 5.32 Å². The fraction of sp³-hybridized carbons (Fsp3) is 0.133. The molecule has 1 amide bonds. The molecule has 92 valence electrons. The Morgan fingerprint density at radius 1 is 1.06 bits per heavy atom. The van der Waals surface area contributed by atoms with Crippen molar-refractivity contribution in [2.24, 2.45) is 0 Å². The van der Waals surface area contributed by atoms with Crippen LogP contribution >= 0.6 is 11.6 Å². The fourth-order valence-electron chi connectivity index (χ4n) is 1.71. The number of nitrogens with one attached hydrogen (secondary N) is 1. The van der Waals surface area contributed by atoms with E-state index in [0.29, 0.717) is 10.6 Å². The van der Waals surface area contributed by atoms with Crippen LogP contribution in [-0.4, -0.2) is 5.91 Å². The van der Waals surface area contributed by atoms with Gasteiger partial charge in [-0.25, -0.2) is 0 Å². The molecule has 0 fully saturated rings. The summed E-state index contributed by atoms with van der Waals surface area (Å²) in [6, 6.07) is 16.7. The Morgan fingerprint density at radius 2 is 1.67 bits per heavy atom. The van der Waals surface area contributed by atoms with Gasteiger partial charge in [-0.3, -0.25) is 4.79 Å². The van der Waals surface area contributed by atoms with E-state index in [4.69, 9.17) is 11.6 Å². The molecule has 2 nitrogen and oxygen atoms in total. The first-order chi connectivity index (χ1) is 8.66. The molecule has 0 saturated carbocycles. The third-order valence-corrected chi connectivity index (χ3v) is 3.01. The number of carbonyl (C=O) groups is 1. The lowest BCUT2D eigenvalue weighted by Crippen LogP contribution is -2.26. The Balaban J connectivity index is 2.06. The average molecular weight is 260 g/mol. The number of hydrogen-bond donors (Lipinski definition) is 1. The average Bonchev–Trinajstić information content (AvgIpc) is 2.40. The van der Waals surface area contributed by atoms with Gasteiger partial charge in [-0.05, 0) is 36.8 Å². The van der Waals surface area contributed by atoms with Crippen molar-refractivity contribution in [3.8, 4) is 0 Å². The number of amides is 1. The van der Waals surface area contributed by atoms with Gasteiger partial charge in [0, 0.05) is 10.6 Å². The van der Waals surface area contributed by atoms with Crippen LogP contribution < -0.4 is 5.32 Å². The van der Waals surface area contributed by atoms with Crippen molar-refractivity contribution in [2.45, 2.75) is 13.0 Å². The molecule has 3 heteroatoms. The maximum absolute atomic E-state index is 12.0. The van der Waals surface area contributed by atoms with Crippen molar-refractivity contribution in [1.29, 1.82) is 0 Å². The lowest BCUT2D eigenvalue weighted by molar-refractivity contribution is 0.0940. The highest BCUT2D eigenvalue weighted by atomic mass is 35.5. The predicted molar refractivity (Wildman–Crippen MR) is 73.8 cm³/mol. The lowest BCUT2D eigenvalue weighted by atomic mass is 10.1. The van der Waals surface area contributed by atoms with Gasteiger partial charge in [0.25, 0.3) is 5.91 Å². The molecule has 1 N–H and O–H groups in total. The van der Waals surface area contributed by atoms with Crippen molar-refractivity contribution in [3.05, 3.63) is 70.7 Å². The Bertz CT molecular complexity index is 522. The molecular formula is C15H14ClNO. The van der Waals surface area contributed by atoms with E-state index in [1.807, 2.05) is 37.3 Å². The highest BCUT2D eigenvalue weighted by molar-refractivity contribution is 6.30. The first kappa shape index (κ1) is 12.7. The quantitative estimate of drug-likeness (QED) is 0.892. The maximum atomic E-state index is 12.0. The zero-order chi connectivity index (χ0) is 13.0. The van der Waals surface area contributed by atoms with Gasteiger partial charge in [-0.1, -0.05) is 41.9 Å². The molecule has 1 atom stereocenters. The summed E-state index contributed by atoms with van der Waals surface area (Å²) in [6.07, 6.45) is 0. The molecule has 0 aromatic heterocycles. The van der Waals surface area contributed by atoms with Crippen LogP contribution in [0.15, 0.2) is 54.6 Å². The van der Waals surface area contributed by atoms with Crippen molar-refractivity contribution < 1.29 is 4.79 Å². The number of rotatable bonds is 3. The van der Waals surface area contributed by atoms with Crippen molar-refractivity contribution in [2.75, 3.05) is 0 Å². The SMILES string of the molecule is CC(NC(=O)c1ccc(Cl)cc1)c1ccccc1. The van der Waals surface area contributed by atoms with E-state index >= 15 is 0 Å². The zero-order valence-electron chi connectivity index (χ0n) is 10.1. The minimum absolute atomic E-state index is 0.0191. The molecular weight excluding hydrogens is 246 g/mol. The van der Waals surface area contributed by atoms with Gasteiger partial charge in [0.1, 0.15) is 0 Å². The molecule has 0 aliphatic heterocycles. The summed E-state index contributed by atoms with van der Waals surface area (Å²) in [5.41, 5.74) is 1.70. The highest BCUT2D eigenvalue weighted by Crippen LogP contribution is 2.13. The third-order valence-electron chi connectivity index (χ3n) is 2.75. The summed E-state index contributed by atoms with van der Waals surface area (Å²) in [6.45, 7) is 1.96. The molecule has 1 unspecified atom stereocenters. The zero-order valence-corrected chi connectivity index (χ0v) is 10.8. The van der Waals surface area contributed by atoms with E-state index in [2.05, 4.69) is 5.32 Å². The largest absolute Gasteiger partial charge is 0.346 e. The molecule has 0 radical (unpaired) electrons. The fourth-order valence-corrected chi connectivity index (χ4v) is 1.83. The summed E-state index contributed by atoms with van der Waals surface area (Å²) in [5, 5.41) is 3.58. The number of carbonyl (C=O) groups excluding carboxylic acids is 1. The molecule has 0 saturated heterocycles. The Hall–Kier alpha value is -1.80. The van der Waals surface area contributed by atoms with E-state index in [0.717, 1.165) is 5.56 Å². The van der Waals surface area contributed by atoms with Crippen molar-refractivity contribution in [1.82, 2.24) is 5.32 Å². The van der Waals surface area contributed by atoms with Gasteiger partial charge in [0.15, 0.2) is 0 Å². The molecule has 18 heavy (non-hydrogen) atoms. The maximum Gasteiger partial charge on any atom is 0.251 e. The third kappa shape index (κ3) is 3.11. The Labute approximate surface area is 112 Å². The van der Waals surface area contributed by atoms with Crippen LogP contribution in [0.2, 0.25) is 5.02 Å². The molecule has 0 bridgehead atoms. The number of benzene rings is 2. The minimum atomic E-state index is -0.0944. The van der Waals surface area contributed by atoms with Crippen molar-refractivity contribution >= 4 is 17.5 Å². The standard InChI is InChI=1S/C15H14ClNO/c1-11(12-5-3-2-4-6-12)17-15(18)13-7-9-14(16)10-8-13/h2-11H,1H3,(H,17,18). The molecule has 0 aliphatic rings. The Kier molecular flexibility index (Phi) is 4.00. The van der Waals surface area contributed by atoms with Crippen LogP contribution in [-0.2, 0) is 0 Å². The monoisotopic (exact) mass is 259 g/mol. The summed E-state index contributed by atoms with van der Waals surface area (Å²) >= 11 is 5.79. The first-order valence-electron chi connectivity index (χ1n) is 5.78.